The molecule has 2 rings (SSSR count). The number of rotatable bonds is 2. The van der Waals surface area contributed by atoms with Crippen molar-refractivity contribution in [2.45, 2.75) is 25.3 Å². The maximum absolute atomic E-state index is 10.9. The van der Waals surface area contributed by atoms with Crippen LogP contribution < -0.4 is 4.90 Å². The molecule has 0 radical (unpaired) electrons. The van der Waals surface area contributed by atoms with Crippen LogP contribution in [0.3, 0.4) is 0 Å². The number of hydrogen-bond donors (Lipinski definition) is 0. The van der Waals surface area contributed by atoms with Gasteiger partial charge in [-0.15, -0.1) is 0 Å². The van der Waals surface area contributed by atoms with Crippen LogP contribution in [0.2, 0.25) is 5.02 Å². The largest absolute Gasteiger partial charge is 0.347 e. The molecule has 0 amide bonds. The van der Waals surface area contributed by atoms with Gasteiger partial charge in [-0.05, 0) is 31.4 Å². The Morgan fingerprint density at radius 2 is 2.33 bits per heavy atom. The predicted molar refractivity (Wildman–Crippen MR) is 60.3 cm³/mol. The average molecular weight is 225 g/mol. The first-order chi connectivity index (χ1) is 7.31. The maximum Gasteiger partial charge on any atom is 0.142 e. The summed E-state index contributed by atoms with van der Waals surface area (Å²) in [4.78, 5) is 17.2. The van der Waals surface area contributed by atoms with Gasteiger partial charge in [-0.3, -0.25) is 0 Å². The molecule has 3 nitrogen and oxygen atoms in total. The van der Waals surface area contributed by atoms with Gasteiger partial charge >= 0.3 is 0 Å². The van der Waals surface area contributed by atoms with Gasteiger partial charge in [0.2, 0.25) is 0 Å². The van der Waals surface area contributed by atoms with Gasteiger partial charge < -0.3 is 9.69 Å². The number of aromatic nitrogens is 1. The quantitative estimate of drug-likeness (QED) is 0.723. The van der Waals surface area contributed by atoms with Crippen molar-refractivity contribution < 1.29 is 4.79 Å². The maximum atomic E-state index is 10.9. The van der Waals surface area contributed by atoms with Crippen molar-refractivity contribution in [1.82, 2.24) is 4.98 Å². The number of pyridine rings is 1. The molecule has 15 heavy (non-hydrogen) atoms. The third-order valence-corrected chi connectivity index (χ3v) is 2.94. The van der Waals surface area contributed by atoms with Crippen molar-refractivity contribution in [3.63, 3.8) is 0 Å². The zero-order valence-corrected chi connectivity index (χ0v) is 9.15. The fourth-order valence-corrected chi connectivity index (χ4v) is 2.03. The summed E-state index contributed by atoms with van der Waals surface area (Å²) in [5.41, 5.74) is 0. The fraction of sp³-hybridized carbons (Fsp3) is 0.455. The number of hydrogen-bond acceptors (Lipinski definition) is 3. The lowest BCUT2D eigenvalue weighted by atomic mass is 10.0. The number of halogens is 1. The van der Waals surface area contributed by atoms with Crippen molar-refractivity contribution in [1.29, 1.82) is 0 Å². The van der Waals surface area contributed by atoms with Crippen LogP contribution in [-0.4, -0.2) is 23.9 Å². The molecule has 1 aliphatic heterocycles. The van der Waals surface area contributed by atoms with Crippen LogP contribution in [-0.2, 0) is 4.79 Å². The molecule has 1 atom stereocenters. The van der Waals surface area contributed by atoms with Gasteiger partial charge in [0.1, 0.15) is 12.1 Å². The molecule has 0 aliphatic carbocycles. The van der Waals surface area contributed by atoms with Gasteiger partial charge in [0, 0.05) is 12.7 Å². The first kappa shape index (κ1) is 10.4. The Balaban J connectivity index is 2.20. The van der Waals surface area contributed by atoms with E-state index in [2.05, 4.69) is 4.98 Å². The first-order valence-electron chi connectivity index (χ1n) is 5.15. The molecular formula is C11H13ClN2O. The Morgan fingerprint density at radius 3 is 3.00 bits per heavy atom. The number of piperidine rings is 1. The standard InChI is InChI=1S/C11H13ClN2O/c12-9-4-5-11(13-7-9)14-6-2-1-3-10(14)8-15/h4-5,7-8,10H,1-3,6H2. The second kappa shape index (κ2) is 4.62. The highest BCUT2D eigenvalue weighted by Gasteiger charge is 2.22. The SMILES string of the molecule is O=CC1CCCCN1c1ccc(Cl)cn1. The molecule has 0 saturated carbocycles. The monoisotopic (exact) mass is 224 g/mol. The molecule has 1 saturated heterocycles. The van der Waals surface area contributed by atoms with E-state index < -0.39 is 0 Å². The summed E-state index contributed by atoms with van der Waals surface area (Å²) in [6.45, 7) is 0.901. The van der Waals surface area contributed by atoms with E-state index >= 15 is 0 Å². The van der Waals surface area contributed by atoms with Crippen molar-refractivity contribution in [3.8, 4) is 0 Å². The minimum atomic E-state index is -0.0209. The molecule has 0 N–H and O–H groups in total. The van der Waals surface area contributed by atoms with Crippen LogP contribution >= 0.6 is 11.6 Å². The molecule has 1 aliphatic rings. The average Bonchev–Trinajstić information content (AvgIpc) is 2.30. The minimum Gasteiger partial charge on any atom is -0.347 e. The Kier molecular flexibility index (Phi) is 3.21. The highest BCUT2D eigenvalue weighted by atomic mass is 35.5. The van der Waals surface area contributed by atoms with Crippen LogP contribution in [0, 0.1) is 0 Å². The van der Waals surface area contributed by atoms with Crippen LogP contribution in [0.25, 0.3) is 0 Å². The highest BCUT2D eigenvalue weighted by molar-refractivity contribution is 6.30. The van der Waals surface area contributed by atoms with E-state index in [1.807, 2.05) is 11.0 Å². The zero-order chi connectivity index (χ0) is 10.7. The fourth-order valence-electron chi connectivity index (χ4n) is 1.92. The first-order valence-corrected chi connectivity index (χ1v) is 5.52. The lowest BCUT2D eigenvalue weighted by molar-refractivity contribution is -0.109. The molecule has 1 aromatic rings. The van der Waals surface area contributed by atoms with Crippen LogP contribution in [0.5, 0.6) is 0 Å². The summed E-state index contributed by atoms with van der Waals surface area (Å²) < 4.78 is 0. The van der Waals surface area contributed by atoms with Crippen molar-refractivity contribution in [3.05, 3.63) is 23.4 Å². The van der Waals surface area contributed by atoms with E-state index in [1.54, 1.807) is 12.3 Å². The van der Waals surface area contributed by atoms with Gasteiger partial charge in [-0.25, -0.2) is 4.98 Å². The molecule has 0 aromatic carbocycles. The molecular weight excluding hydrogens is 212 g/mol. The lowest BCUT2D eigenvalue weighted by Crippen LogP contribution is -2.41. The van der Waals surface area contributed by atoms with Gasteiger partial charge in [0.15, 0.2) is 0 Å². The summed E-state index contributed by atoms with van der Waals surface area (Å²) in [6, 6.07) is 3.65. The summed E-state index contributed by atoms with van der Waals surface area (Å²) in [5, 5.41) is 0.624. The number of carbonyl (C=O) groups excluding carboxylic acids is 1. The number of carbonyl (C=O) groups is 1. The van der Waals surface area contributed by atoms with E-state index in [0.29, 0.717) is 5.02 Å². The molecule has 1 unspecified atom stereocenters. The van der Waals surface area contributed by atoms with Gasteiger partial charge in [-0.1, -0.05) is 11.6 Å². The summed E-state index contributed by atoms with van der Waals surface area (Å²) in [6.07, 6.45) is 5.79. The van der Waals surface area contributed by atoms with Gasteiger partial charge in [0.05, 0.1) is 11.1 Å². The molecule has 80 valence electrons. The number of nitrogens with zero attached hydrogens (tertiary/aromatic N) is 2. The molecule has 0 spiro atoms. The number of aldehydes is 1. The number of anilines is 1. The molecule has 1 fully saturated rings. The second-order valence-electron chi connectivity index (χ2n) is 3.73. The smallest absolute Gasteiger partial charge is 0.142 e. The highest BCUT2D eigenvalue weighted by Crippen LogP contribution is 2.22. The zero-order valence-electron chi connectivity index (χ0n) is 8.40. The Labute approximate surface area is 94.1 Å². The second-order valence-corrected chi connectivity index (χ2v) is 4.16. The summed E-state index contributed by atoms with van der Waals surface area (Å²) in [5.74, 6) is 0.844. The third kappa shape index (κ3) is 2.29. The molecule has 0 bridgehead atoms. The van der Waals surface area contributed by atoms with Crippen LogP contribution in [0.15, 0.2) is 18.3 Å². The van der Waals surface area contributed by atoms with E-state index in [1.165, 1.54) is 0 Å². The predicted octanol–water partition coefficient (Wildman–Crippen LogP) is 2.29. The normalized spacial score (nSPS) is 21.4. The lowest BCUT2D eigenvalue weighted by Gasteiger charge is -2.33. The van der Waals surface area contributed by atoms with E-state index in [0.717, 1.165) is 37.9 Å². The third-order valence-electron chi connectivity index (χ3n) is 2.71. The minimum absolute atomic E-state index is 0.0209. The Hall–Kier alpha value is -1.09. The summed E-state index contributed by atoms with van der Waals surface area (Å²) in [7, 11) is 0. The van der Waals surface area contributed by atoms with E-state index in [-0.39, 0.29) is 6.04 Å². The van der Waals surface area contributed by atoms with Crippen molar-refractivity contribution in [2.24, 2.45) is 0 Å². The van der Waals surface area contributed by atoms with Crippen LogP contribution in [0.4, 0.5) is 5.82 Å². The van der Waals surface area contributed by atoms with E-state index in [4.69, 9.17) is 11.6 Å². The Morgan fingerprint density at radius 1 is 1.47 bits per heavy atom. The van der Waals surface area contributed by atoms with Crippen molar-refractivity contribution in [2.75, 3.05) is 11.4 Å². The van der Waals surface area contributed by atoms with Crippen molar-refractivity contribution >= 4 is 23.7 Å². The van der Waals surface area contributed by atoms with Gasteiger partial charge in [0.25, 0.3) is 0 Å². The summed E-state index contributed by atoms with van der Waals surface area (Å²) >= 11 is 5.77. The van der Waals surface area contributed by atoms with E-state index in [9.17, 15) is 4.79 Å². The molecule has 2 heterocycles. The van der Waals surface area contributed by atoms with Crippen LogP contribution in [0.1, 0.15) is 19.3 Å². The molecule has 4 heteroatoms. The Bertz CT molecular complexity index is 339. The van der Waals surface area contributed by atoms with Gasteiger partial charge in [-0.2, -0.15) is 0 Å². The topological polar surface area (TPSA) is 33.2 Å². The molecule has 1 aromatic heterocycles.